The fourth-order valence-corrected chi connectivity index (χ4v) is 5.80. The summed E-state index contributed by atoms with van der Waals surface area (Å²) in [4.78, 5) is 0. The third kappa shape index (κ3) is 4.36. The number of allylic oxidation sites excluding steroid dienone is 4. The van der Waals surface area contributed by atoms with E-state index in [4.69, 9.17) is 0 Å². The summed E-state index contributed by atoms with van der Waals surface area (Å²) in [5.41, 5.74) is 5.69. The Kier molecular flexibility index (Phi) is 6.80. The first-order valence-corrected chi connectivity index (χ1v) is 11.7. The van der Waals surface area contributed by atoms with Crippen molar-refractivity contribution in [3.05, 3.63) is 88.5 Å². The van der Waals surface area contributed by atoms with Gasteiger partial charge in [-0.15, -0.1) is 0 Å². The maximum absolute atomic E-state index is 14.1. The summed E-state index contributed by atoms with van der Waals surface area (Å²) in [6.45, 7) is 6.16. The van der Waals surface area contributed by atoms with Crippen LogP contribution in [0.3, 0.4) is 0 Å². The Balaban J connectivity index is 0.00000272. The zero-order valence-corrected chi connectivity index (χ0v) is 20.8. The molecule has 155 valence electrons. The van der Waals surface area contributed by atoms with Crippen LogP contribution in [0.5, 0.6) is 0 Å². The van der Waals surface area contributed by atoms with E-state index < -0.39 is 14.9 Å². The molecule has 2 aromatic rings. The maximum atomic E-state index is 14.1. The van der Waals surface area contributed by atoms with E-state index in [1.807, 2.05) is 35.9 Å². The summed E-state index contributed by atoms with van der Waals surface area (Å²) in [5.74, 6) is 0. The second-order valence-electron chi connectivity index (χ2n) is 8.90. The monoisotopic (exact) mass is 469 g/mol. The molecule has 0 aliphatic heterocycles. The molecule has 1 radical (unpaired) electrons. The molecular formula is C25H25F2NOSiTi+3. The van der Waals surface area contributed by atoms with Gasteiger partial charge >= 0.3 is 30.6 Å². The zero-order chi connectivity index (χ0) is 21.6. The average Bonchev–Trinajstić information content (AvgIpc) is 3.06. The Hall–Kier alpha value is -1.95. The molecular weight excluding hydrogens is 444 g/mol. The van der Waals surface area contributed by atoms with E-state index >= 15 is 0 Å². The van der Waals surface area contributed by atoms with Crippen LogP contribution in [0.25, 0.3) is 16.7 Å². The van der Waals surface area contributed by atoms with Gasteiger partial charge in [-0.2, -0.15) is 8.78 Å². The van der Waals surface area contributed by atoms with Gasteiger partial charge in [0.25, 0.3) is 6.08 Å². The van der Waals surface area contributed by atoms with Gasteiger partial charge in [0.15, 0.2) is 0 Å². The Labute approximate surface area is 199 Å². The van der Waals surface area contributed by atoms with Crippen molar-refractivity contribution in [2.24, 2.45) is 0 Å². The van der Waals surface area contributed by atoms with Crippen molar-refractivity contribution in [2.75, 3.05) is 7.05 Å². The van der Waals surface area contributed by atoms with Crippen LogP contribution in [-0.4, -0.2) is 26.0 Å². The molecule has 2 aliphatic rings. The third-order valence-electron chi connectivity index (χ3n) is 6.03. The van der Waals surface area contributed by atoms with E-state index in [9.17, 15) is 13.2 Å². The minimum absolute atomic E-state index is 0. The Morgan fingerprint density at radius 2 is 1.48 bits per heavy atom. The van der Waals surface area contributed by atoms with Crippen molar-refractivity contribution in [3.8, 4) is 0 Å². The van der Waals surface area contributed by atoms with Gasteiger partial charge in [0.05, 0.1) is 5.57 Å². The molecule has 31 heavy (non-hydrogen) atoms. The maximum Gasteiger partial charge on any atom is 3.00 e. The molecule has 4 rings (SSSR count). The molecule has 2 nitrogen and oxygen atoms in total. The molecule has 0 saturated heterocycles. The number of nitrogens with zero attached hydrogens (tertiary/aromatic N) is 1. The summed E-state index contributed by atoms with van der Waals surface area (Å²) >= 11 is 0. The van der Waals surface area contributed by atoms with Gasteiger partial charge in [0, 0.05) is 18.6 Å². The molecule has 0 spiro atoms. The number of hydrogen-bond acceptors (Lipinski definition) is 1. The summed E-state index contributed by atoms with van der Waals surface area (Å²) in [7, 11) is -0.0734. The van der Waals surface area contributed by atoms with E-state index in [2.05, 4.69) is 26.8 Å². The third-order valence-corrected chi connectivity index (χ3v) is 8.21. The zero-order valence-electron chi connectivity index (χ0n) is 18.2. The summed E-state index contributed by atoms with van der Waals surface area (Å²) in [6.07, 6.45) is 1.04. The quantitative estimate of drug-likeness (QED) is 0.476. The van der Waals surface area contributed by atoms with Crippen molar-refractivity contribution >= 4 is 25.6 Å². The van der Waals surface area contributed by atoms with Crippen molar-refractivity contribution < 1.29 is 35.0 Å². The van der Waals surface area contributed by atoms with E-state index in [1.165, 1.54) is 0 Å². The average molecular weight is 469 g/mol. The summed E-state index contributed by atoms with van der Waals surface area (Å²) in [5, 5.41) is 0. The minimum Gasteiger partial charge on any atom is -0.375 e. The van der Waals surface area contributed by atoms with Crippen LogP contribution in [0.2, 0.25) is 6.04 Å². The van der Waals surface area contributed by atoms with Crippen LogP contribution in [0.4, 0.5) is 8.78 Å². The fraction of sp³-hybridized carbons (Fsp3) is 0.280. The molecule has 0 fully saturated rings. The van der Waals surface area contributed by atoms with Crippen molar-refractivity contribution in [2.45, 2.75) is 38.8 Å². The van der Waals surface area contributed by atoms with Gasteiger partial charge in [-0.1, -0.05) is 60.2 Å². The Bertz CT molecular complexity index is 1140. The SMILES string of the molecule is CN([Si](=O)CC1=CC2=C(C1)c1ccccc1C(=C(F)F)c1ccccc12)C(C)(C)C.[Ti+3]. The van der Waals surface area contributed by atoms with Crippen LogP contribution >= 0.6 is 0 Å². The second-order valence-corrected chi connectivity index (χ2v) is 10.7. The van der Waals surface area contributed by atoms with E-state index in [0.29, 0.717) is 23.6 Å². The van der Waals surface area contributed by atoms with Gasteiger partial charge in [-0.3, -0.25) is 0 Å². The van der Waals surface area contributed by atoms with Crippen LogP contribution in [-0.2, 0) is 26.2 Å². The second kappa shape index (κ2) is 8.89. The van der Waals surface area contributed by atoms with Gasteiger partial charge < -0.3 is 9.03 Å². The Morgan fingerprint density at radius 3 is 2.03 bits per heavy atom. The predicted octanol–water partition coefficient (Wildman–Crippen LogP) is 6.54. The molecule has 0 heterocycles. The number of benzene rings is 2. The molecule has 0 N–H and O–H groups in total. The van der Waals surface area contributed by atoms with Crippen molar-refractivity contribution in [3.63, 3.8) is 0 Å². The molecule has 0 bridgehead atoms. The van der Waals surface area contributed by atoms with Crippen LogP contribution in [0.1, 0.15) is 49.4 Å². The molecule has 6 heteroatoms. The largest absolute Gasteiger partial charge is 3.00 e. The minimum atomic E-state index is -1.98. The fourth-order valence-electron chi connectivity index (χ4n) is 4.19. The molecule has 2 aliphatic carbocycles. The normalized spacial score (nSPS) is 14.6. The van der Waals surface area contributed by atoms with Gasteiger partial charge in [-0.25, -0.2) is 0 Å². The predicted molar refractivity (Wildman–Crippen MR) is 119 cm³/mol. The van der Waals surface area contributed by atoms with E-state index in [1.54, 1.807) is 24.3 Å². The number of halogens is 2. The van der Waals surface area contributed by atoms with E-state index in [-0.39, 0.29) is 32.8 Å². The van der Waals surface area contributed by atoms with Crippen molar-refractivity contribution in [1.29, 1.82) is 0 Å². The molecule has 0 aromatic heterocycles. The topological polar surface area (TPSA) is 20.3 Å². The summed E-state index contributed by atoms with van der Waals surface area (Å²) < 4.78 is 43.1. The number of hydrogen-bond donors (Lipinski definition) is 0. The first-order chi connectivity index (χ1) is 14.2. The molecule has 0 atom stereocenters. The van der Waals surface area contributed by atoms with Crippen LogP contribution in [0, 0.1) is 0 Å². The first-order valence-electron chi connectivity index (χ1n) is 10.1. The molecule has 2 aromatic carbocycles. The number of fused-ring (bicyclic) bond motifs is 4. The first kappa shape index (κ1) is 23.7. The van der Waals surface area contributed by atoms with Gasteiger partial charge in [-0.05, 0) is 60.6 Å². The van der Waals surface area contributed by atoms with E-state index in [0.717, 1.165) is 27.8 Å². The van der Waals surface area contributed by atoms with Gasteiger partial charge in [0.1, 0.15) is 0 Å². The van der Waals surface area contributed by atoms with Crippen molar-refractivity contribution in [1.82, 2.24) is 4.57 Å². The standard InChI is InChI=1S/C25H25F2NOSi.Ti/c1-25(2,3)28(4)30(29)15-16-13-21-17-9-5-7-11-19(17)23(24(26)27)20-12-8-6-10-18(20)22(21)14-16;/h5-13H,14-15H2,1-4H3;/q;+3. The molecule has 0 amide bonds. The van der Waals surface area contributed by atoms with Crippen LogP contribution in [0.15, 0.2) is 66.3 Å². The van der Waals surface area contributed by atoms with Gasteiger partial charge in [0.2, 0.25) is 0 Å². The molecule has 0 unspecified atom stereocenters. The smallest absolute Gasteiger partial charge is 0.375 e. The molecule has 0 saturated carbocycles. The number of rotatable bonds is 3. The van der Waals surface area contributed by atoms with Crippen LogP contribution < -0.4 is 0 Å². The summed E-state index contributed by atoms with van der Waals surface area (Å²) in [6, 6.07) is 15.2. The Morgan fingerprint density at radius 1 is 0.968 bits per heavy atom.